The van der Waals surface area contributed by atoms with Crippen molar-refractivity contribution < 1.29 is 14.3 Å². The van der Waals surface area contributed by atoms with Gasteiger partial charge in [0.25, 0.3) is 5.23 Å². The highest BCUT2D eigenvalue weighted by molar-refractivity contribution is 14.0. The Morgan fingerprint density at radius 2 is 1.94 bits per heavy atom. The molecule has 1 heterocycles. The number of carbonyl (C=O) groups is 1. The number of hydrogen-bond donors (Lipinski definition) is 1. The van der Waals surface area contributed by atoms with E-state index in [0.29, 0.717) is 19.7 Å². The first-order valence-electron chi connectivity index (χ1n) is 5.14. The molecule has 1 aliphatic rings. The van der Waals surface area contributed by atoms with Crippen LogP contribution in [0.25, 0.3) is 0 Å². The maximum Gasteiger partial charge on any atom is 0.409 e. The Balaban J connectivity index is 0.00000256. The lowest BCUT2D eigenvalue weighted by Crippen LogP contribution is -2.46. The molecule has 1 aliphatic heterocycles. The number of piperazine rings is 1. The topological polar surface area (TPSA) is 65.9 Å². The van der Waals surface area contributed by atoms with Crippen LogP contribution in [0.15, 0.2) is 0 Å². The monoisotopic (exact) mass is 375 g/mol. The third-order valence-corrected chi connectivity index (χ3v) is 3.12. The number of halogens is 1. The summed E-state index contributed by atoms with van der Waals surface area (Å²) in [4.78, 5) is 13.1. The van der Waals surface area contributed by atoms with Gasteiger partial charge in [-0.15, -0.1) is 24.0 Å². The summed E-state index contributed by atoms with van der Waals surface area (Å²) in [6.45, 7) is 4.89. The molecule has 0 spiro atoms. The average Bonchev–Trinajstić information content (AvgIpc) is 2.30. The second-order valence-electron chi connectivity index (χ2n) is 3.20. The van der Waals surface area contributed by atoms with Crippen molar-refractivity contribution in [3.63, 3.8) is 0 Å². The second kappa shape index (κ2) is 8.81. The van der Waals surface area contributed by atoms with E-state index in [4.69, 9.17) is 14.9 Å². The van der Waals surface area contributed by atoms with E-state index in [9.17, 15) is 4.79 Å². The van der Waals surface area contributed by atoms with E-state index in [1.54, 1.807) is 11.8 Å². The Hall–Kier alpha value is -0.220. The van der Waals surface area contributed by atoms with Crippen molar-refractivity contribution in [2.24, 2.45) is 0 Å². The number of carbonyl (C=O) groups excluding carboxylic acids is 1. The highest BCUT2D eigenvalue weighted by Crippen LogP contribution is 2.15. The molecule has 0 aromatic rings. The molecule has 1 saturated heterocycles. The van der Waals surface area contributed by atoms with E-state index >= 15 is 0 Å². The van der Waals surface area contributed by atoms with Crippen LogP contribution >= 0.6 is 35.9 Å². The Morgan fingerprint density at radius 3 is 2.41 bits per heavy atom. The number of ether oxygens (including phenoxy) is 2. The van der Waals surface area contributed by atoms with Crippen LogP contribution in [0.4, 0.5) is 4.79 Å². The van der Waals surface area contributed by atoms with E-state index in [0.717, 1.165) is 13.1 Å². The minimum Gasteiger partial charge on any atom is -0.476 e. The molecule has 0 radical (unpaired) electrons. The third kappa shape index (κ3) is 5.77. The van der Waals surface area contributed by atoms with E-state index < -0.39 is 0 Å². The molecule has 0 saturated carbocycles. The Morgan fingerprint density at radius 1 is 1.35 bits per heavy atom. The normalized spacial score (nSPS) is 16.0. The first-order chi connectivity index (χ1) is 7.67. The molecule has 6 nitrogen and oxygen atoms in total. The van der Waals surface area contributed by atoms with Gasteiger partial charge in [-0.25, -0.2) is 9.10 Å². The van der Waals surface area contributed by atoms with Crippen LogP contribution < -0.4 is 0 Å². The van der Waals surface area contributed by atoms with Crippen LogP contribution in [0.3, 0.4) is 0 Å². The van der Waals surface area contributed by atoms with Gasteiger partial charge >= 0.3 is 6.09 Å². The molecule has 0 bridgehead atoms. The van der Waals surface area contributed by atoms with Gasteiger partial charge in [-0.1, -0.05) is 0 Å². The molecule has 0 aromatic carbocycles. The van der Waals surface area contributed by atoms with Gasteiger partial charge in [-0.05, 0) is 6.92 Å². The molecule has 100 valence electrons. The molecule has 1 N–H and O–H groups in total. The molecule has 17 heavy (non-hydrogen) atoms. The maximum absolute atomic E-state index is 11.4. The van der Waals surface area contributed by atoms with Crippen molar-refractivity contribution in [3.8, 4) is 0 Å². The number of nitrogens with one attached hydrogen (secondary N) is 1. The van der Waals surface area contributed by atoms with E-state index in [-0.39, 0.29) is 35.3 Å². The molecule has 8 heteroatoms. The van der Waals surface area contributed by atoms with Gasteiger partial charge in [0.2, 0.25) is 0 Å². The summed E-state index contributed by atoms with van der Waals surface area (Å²) < 4.78 is 11.7. The van der Waals surface area contributed by atoms with Gasteiger partial charge in [0.1, 0.15) is 0 Å². The zero-order valence-electron chi connectivity index (χ0n) is 9.97. The summed E-state index contributed by atoms with van der Waals surface area (Å²) >= 11 is 1.26. The molecule has 0 aromatic heterocycles. The zero-order chi connectivity index (χ0) is 12.0. The van der Waals surface area contributed by atoms with Crippen molar-refractivity contribution in [1.82, 2.24) is 9.21 Å². The smallest absolute Gasteiger partial charge is 0.409 e. The lowest BCUT2D eigenvalue weighted by Gasteiger charge is -2.32. The van der Waals surface area contributed by atoms with Gasteiger partial charge in [0, 0.05) is 38.1 Å². The van der Waals surface area contributed by atoms with Crippen LogP contribution in [-0.4, -0.2) is 60.4 Å². The first kappa shape index (κ1) is 16.8. The van der Waals surface area contributed by atoms with Gasteiger partial charge in [0.15, 0.2) is 0 Å². The third-order valence-electron chi connectivity index (χ3n) is 2.16. The highest BCUT2D eigenvalue weighted by atomic mass is 127. The first-order valence-corrected chi connectivity index (χ1v) is 5.92. The molecule has 0 atom stereocenters. The van der Waals surface area contributed by atoms with Crippen molar-refractivity contribution in [3.05, 3.63) is 0 Å². The highest BCUT2D eigenvalue weighted by Gasteiger charge is 2.23. The van der Waals surface area contributed by atoms with Crippen molar-refractivity contribution >= 4 is 47.2 Å². The Labute approximate surface area is 123 Å². The molecular formula is C9H18IN3O3S. The predicted octanol–water partition coefficient (Wildman–Crippen LogP) is 1.61. The fourth-order valence-corrected chi connectivity index (χ4v) is 1.99. The Kier molecular flexibility index (Phi) is 8.70. The fourth-order valence-electron chi connectivity index (χ4n) is 1.33. The summed E-state index contributed by atoms with van der Waals surface area (Å²) in [5, 5.41) is 7.54. The lowest BCUT2D eigenvalue weighted by molar-refractivity contribution is 0.0949. The van der Waals surface area contributed by atoms with Crippen LogP contribution in [0.1, 0.15) is 6.92 Å². The maximum atomic E-state index is 11.4. The standard InChI is InChI=1S/C9H17N3O3S.HI/c1-3-15-9(13)11-4-6-12(7-5-11)16-8(10)14-2;/h10H,3-7H2,1-2H3;1H. The predicted molar refractivity (Wildman–Crippen MR) is 77.9 cm³/mol. The molecular weight excluding hydrogens is 357 g/mol. The van der Waals surface area contributed by atoms with Crippen LogP contribution in [-0.2, 0) is 9.47 Å². The minimum absolute atomic E-state index is 0. The number of amides is 1. The zero-order valence-corrected chi connectivity index (χ0v) is 13.1. The summed E-state index contributed by atoms with van der Waals surface area (Å²) in [7, 11) is 1.48. The molecule has 1 fully saturated rings. The number of methoxy groups -OCH3 is 1. The van der Waals surface area contributed by atoms with Crippen molar-refractivity contribution in [1.29, 1.82) is 5.41 Å². The van der Waals surface area contributed by atoms with Crippen molar-refractivity contribution in [2.75, 3.05) is 39.9 Å². The van der Waals surface area contributed by atoms with Gasteiger partial charge in [-0.3, -0.25) is 5.41 Å². The number of rotatable bonds is 2. The quantitative estimate of drug-likeness (QED) is 0.344. The molecule has 0 unspecified atom stereocenters. The number of nitrogens with zero attached hydrogens (tertiary/aromatic N) is 2. The lowest BCUT2D eigenvalue weighted by atomic mass is 10.4. The SMILES string of the molecule is CCOC(=O)N1CCN(SC(=N)OC)CC1.I. The van der Waals surface area contributed by atoms with E-state index in [2.05, 4.69) is 0 Å². The van der Waals surface area contributed by atoms with Crippen LogP contribution in [0.5, 0.6) is 0 Å². The van der Waals surface area contributed by atoms with Crippen LogP contribution in [0, 0.1) is 5.41 Å². The van der Waals surface area contributed by atoms with Gasteiger partial charge < -0.3 is 14.4 Å². The largest absolute Gasteiger partial charge is 0.476 e. The molecule has 0 aliphatic carbocycles. The van der Waals surface area contributed by atoms with Crippen LogP contribution in [0.2, 0.25) is 0 Å². The van der Waals surface area contributed by atoms with E-state index in [1.807, 2.05) is 4.31 Å². The molecule has 1 amide bonds. The summed E-state index contributed by atoms with van der Waals surface area (Å²) in [5.41, 5.74) is 0. The average molecular weight is 375 g/mol. The van der Waals surface area contributed by atoms with Crippen molar-refractivity contribution in [2.45, 2.75) is 6.92 Å². The van der Waals surface area contributed by atoms with E-state index in [1.165, 1.54) is 19.1 Å². The van der Waals surface area contributed by atoms with Gasteiger partial charge in [0.05, 0.1) is 13.7 Å². The summed E-state index contributed by atoms with van der Waals surface area (Å²) in [6, 6.07) is 0. The van der Waals surface area contributed by atoms with Gasteiger partial charge in [-0.2, -0.15) is 0 Å². The summed E-state index contributed by atoms with van der Waals surface area (Å²) in [5.74, 6) is 0. The minimum atomic E-state index is -0.256. The number of hydrogen-bond acceptors (Lipinski definition) is 6. The second-order valence-corrected chi connectivity index (χ2v) is 4.27. The summed E-state index contributed by atoms with van der Waals surface area (Å²) in [6.07, 6.45) is -0.256. The molecule has 1 rings (SSSR count). The fraction of sp³-hybridized carbons (Fsp3) is 0.778. The Bertz CT molecular complexity index is 260.